The summed E-state index contributed by atoms with van der Waals surface area (Å²) in [5.74, 6) is 0.507. The Hall–Kier alpha value is -2.60. The first kappa shape index (κ1) is 17.7. The minimum atomic E-state index is -0.393. The number of benzene rings is 2. The molecule has 0 unspecified atom stereocenters. The van der Waals surface area contributed by atoms with Crippen LogP contribution in [0.25, 0.3) is 0 Å². The number of nitro groups is 1. The lowest BCUT2D eigenvalue weighted by molar-refractivity contribution is -0.384. The average Bonchev–Trinajstić information content (AvgIpc) is 2.59. The van der Waals surface area contributed by atoms with Crippen LogP contribution in [0, 0.1) is 10.1 Å². The van der Waals surface area contributed by atoms with Crippen molar-refractivity contribution >= 4 is 11.4 Å². The Morgan fingerprint density at radius 3 is 2.58 bits per heavy atom. The maximum atomic E-state index is 11.2. The molecule has 0 atom stereocenters. The highest BCUT2D eigenvalue weighted by Crippen LogP contribution is 2.29. The highest BCUT2D eigenvalue weighted by molar-refractivity contribution is 5.58. The maximum Gasteiger partial charge on any atom is 0.275 e. The Balaban J connectivity index is 2.34. The largest absolute Gasteiger partial charge is 0.494 e. The Morgan fingerprint density at radius 1 is 1.21 bits per heavy atom. The molecule has 2 rings (SSSR count). The summed E-state index contributed by atoms with van der Waals surface area (Å²) >= 11 is 0. The number of nitro benzene ring substituents is 1. The fourth-order valence-corrected chi connectivity index (χ4v) is 2.49. The lowest BCUT2D eigenvalue weighted by Crippen LogP contribution is -2.25. The summed E-state index contributed by atoms with van der Waals surface area (Å²) < 4.78 is 5.49. The van der Waals surface area contributed by atoms with Gasteiger partial charge in [0.2, 0.25) is 0 Å². The standard InChI is InChI=1S/C18H23N3O3/c1-2-24-18-12-16(11-17(13-18)21(22)23)20(10-6-9-19)14-15-7-4-3-5-8-15/h3-5,7-8,11-13H,2,6,9-10,14,19H2,1H3. The molecule has 0 heterocycles. The fourth-order valence-electron chi connectivity index (χ4n) is 2.49. The molecule has 0 fully saturated rings. The van der Waals surface area contributed by atoms with Gasteiger partial charge >= 0.3 is 0 Å². The number of hydrogen-bond acceptors (Lipinski definition) is 5. The predicted molar refractivity (Wildman–Crippen MR) is 95.4 cm³/mol. The van der Waals surface area contributed by atoms with Crippen LogP contribution in [-0.2, 0) is 6.54 Å². The van der Waals surface area contributed by atoms with Crippen molar-refractivity contribution in [2.45, 2.75) is 19.9 Å². The average molecular weight is 329 g/mol. The van der Waals surface area contributed by atoms with Gasteiger partial charge in [0.1, 0.15) is 5.75 Å². The van der Waals surface area contributed by atoms with Crippen LogP contribution in [0.4, 0.5) is 11.4 Å². The fraction of sp³-hybridized carbons (Fsp3) is 0.333. The number of non-ortho nitro benzene ring substituents is 1. The summed E-state index contributed by atoms with van der Waals surface area (Å²) in [6, 6.07) is 14.9. The quantitative estimate of drug-likeness (QED) is 0.563. The van der Waals surface area contributed by atoms with Crippen LogP contribution < -0.4 is 15.4 Å². The van der Waals surface area contributed by atoms with E-state index in [9.17, 15) is 10.1 Å². The highest BCUT2D eigenvalue weighted by atomic mass is 16.6. The SMILES string of the molecule is CCOc1cc(N(CCCN)Cc2ccccc2)cc([N+](=O)[O-])c1. The number of nitrogens with zero attached hydrogens (tertiary/aromatic N) is 2. The normalized spacial score (nSPS) is 10.4. The molecule has 0 radical (unpaired) electrons. The van der Waals surface area contributed by atoms with E-state index in [0.29, 0.717) is 25.4 Å². The second kappa shape index (κ2) is 8.88. The number of nitrogens with two attached hydrogens (primary N) is 1. The van der Waals surface area contributed by atoms with Gasteiger partial charge in [-0.1, -0.05) is 30.3 Å². The molecule has 2 aromatic rings. The second-order valence-corrected chi connectivity index (χ2v) is 5.42. The summed E-state index contributed by atoms with van der Waals surface area (Å²) in [4.78, 5) is 12.9. The predicted octanol–water partition coefficient (Wildman–Crippen LogP) is 3.35. The molecule has 128 valence electrons. The van der Waals surface area contributed by atoms with E-state index in [4.69, 9.17) is 10.5 Å². The van der Waals surface area contributed by atoms with Gasteiger partial charge in [-0.15, -0.1) is 0 Å². The van der Waals surface area contributed by atoms with Crippen molar-refractivity contribution in [1.82, 2.24) is 0 Å². The Labute approximate surface area is 142 Å². The molecule has 6 nitrogen and oxygen atoms in total. The van der Waals surface area contributed by atoms with Crippen LogP contribution >= 0.6 is 0 Å². The van der Waals surface area contributed by atoms with Gasteiger partial charge in [0.25, 0.3) is 5.69 Å². The van der Waals surface area contributed by atoms with E-state index >= 15 is 0 Å². The zero-order valence-electron chi connectivity index (χ0n) is 13.9. The lowest BCUT2D eigenvalue weighted by atomic mass is 10.1. The van der Waals surface area contributed by atoms with Crippen LogP contribution in [0.5, 0.6) is 5.75 Å². The van der Waals surface area contributed by atoms with Gasteiger partial charge in [-0.3, -0.25) is 10.1 Å². The molecule has 0 aliphatic rings. The molecule has 6 heteroatoms. The molecular formula is C18H23N3O3. The molecule has 0 bridgehead atoms. The van der Waals surface area contributed by atoms with E-state index in [1.54, 1.807) is 6.07 Å². The molecule has 24 heavy (non-hydrogen) atoms. The number of ether oxygens (including phenoxy) is 1. The van der Waals surface area contributed by atoms with Crippen molar-refractivity contribution in [1.29, 1.82) is 0 Å². The number of anilines is 1. The smallest absolute Gasteiger partial charge is 0.275 e. The van der Waals surface area contributed by atoms with Crippen molar-refractivity contribution in [2.24, 2.45) is 5.73 Å². The van der Waals surface area contributed by atoms with Crippen LogP contribution in [0.3, 0.4) is 0 Å². The zero-order chi connectivity index (χ0) is 17.4. The van der Waals surface area contributed by atoms with Crippen molar-refractivity contribution in [3.8, 4) is 5.75 Å². The van der Waals surface area contributed by atoms with E-state index in [0.717, 1.165) is 24.2 Å². The molecule has 0 saturated carbocycles. The Kier molecular flexibility index (Phi) is 6.57. The van der Waals surface area contributed by atoms with Crippen LogP contribution in [-0.4, -0.2) is 24.6 Å². The molecule has 2 aromatic carbocycles. The first-order valence-electron chi connectivity index (χ1n) is 8.05. The third-order valence-corrected chi connectivity index (χ3v) is 3.61. The molecule has 0 amide bonds. The van der Waals surface area contributed by atoms with Crippen LogP contribution in [0.15, 0.2) is 48.5 Å². The van der Waals surface area contributed by atoms with Gasteiger partial charge in [-0.05, 0) is 25.5 Å². The van der Waals surface area contributed by atoms with Gasteiger partial charge in [0.15, 0.2) is 0 Å². The minimum Gasteiger partial charge on any atom is -0.494 e. The summed E-state index contributed by atoms with van der Waals surface area (Å²) in [7, 11) is 0. The zero-order valence-corrected chi connectivity index (χ0v) is 13.9. The molecular weight excluding hydrogens is 306 g/mol. The van der Waals surface area contributed by atoms with E-state index in [-0.39, 0.29) is 5.69 Å². The number of rotatable bonds is 9. The Bertz CT molecular complexity index is 662. The summed E-state index contributed by atoms with van der Waals surface area (Å²) in [6.07, 6.45) is 0.805. The van der Waals surface area contributed by atoms with E-state index < -0.39 is 4.92 Å². The topological polar surface area (TPSA) is 81.6 Å². The van der Waals surface area contributed by atoms with Crippen molar-refractivity contribution in [3.63, 3.8) is 0 Å². The van der Waals surface area contributed by atoms with Gasteiger partial charge in [-0.2, -0.15) is 0 Å². The second-order valence-electron chi connectivity index (χ2n) is 5.42. The number of hydrogen-bond donors (Lipinski definition) is 1. The summed E-state index contributed by atoms with van der Waals surface area (Å²) in [6.45, 7) is 4.26. The van der Waals surface area contributed by atoms with Crippen LogP contribution in [0.2, 0.25) is 0 Å². The van der Waals surface area contributed by atoms with Gasteiger partial charge in [-0.25, -0.2) is 0 Å². The van der Waals surface area contributed by atoms with E-state index in [2.05, 4.69) is 4.90 Å². The molecule has 2 N–H and O–H groups in total. The third-order valence-electron chi connectivity index (χ3n) is 3.61. The molecule has 0 aliphatic heterocycles. The first-order chi connectivity index (χ1) is 11.6. The van der Waals surface area contributed by atoms with Crippen molar-refractivity contribution in [3.05, 3.63) is 64.2 Å². The third kappa shape index (κ3) is 4.96. The van der Waals surface area contributed by atoms with Crippen LogP contribution in [0.1, 0.15) is 18.9 Å². The maximum absolute atomic E-state index is 11.2. The van der Waals surface area contributed by atoms with Gasteiger partial charge < -0.3 is 15.4 Å². The molecule has 0 saturated heterocycles. The highest BCUT2D eigenvalue weighted by Gasteiger charge is 2.15. The van der Waals surface area contributed by atoms with Crippen molar-refractivity contribution < 1.29 is 9.66 Å². The first-order valence-corrected chi connectivity index (χ1v) is 8.05. The summed E-state index contributed by atoms with van der Waals surface area (Å²) in [5, 5.41) is 11.2. The Morgan fingerprint density at radius 2 is 1.96 bits per heavy atom. The van der Waals surface area contributed by atoms with E-state index in [1.165, 1.54) is 6.07 Å². The van der Waals surface area contributed by atoms with Gasteiger partial charge in [0, 0.05) is 30.9 Å². The minimum absolute atomic E-state index is 0.0294. The molecule has 0 aliphatic carbocycles. The van der Waals surface area contributed by atoms with Crippen molar-refractivity contribution in [2.75, 3.05) is 24.6 Å². The van der Waals surface area contributed by atoms with Gasteiger partial charge in [0.05, 0.1) is 17.6 Å². The summed E-state index contributed by atoms with van der Waals surface area (Å²) in [5.41, 5.74) is 7.58. The molecule has 0 aromatic heterocycles. The lowest BCUT2D eigenvalue weighted by Gasteiger charge is -2.25. The monoisotopic (exact) mass is 329 g/mol. The molecule has 0 spiro atoms. The van der Waals surface area contributed by atoms with E-state index in [1.807, 2.05) is 43.3 Å².